The number of carbonyl (C=O) groups is 2. The first-order valence-corrected chi connectivity index (χ1v) is 8.04. The molecule has 27 heavy (non-hydrogen) atoms. The zero-order valence-electron chi connectivity index (χ0n) is 15.6. The molecule has 8 nitrogen and oxygen atoms in total. The highest BCUT2D eigenvalue weighted by Crippen LogP contribution is 2.39. The second kappa shape index (κ2) is 9.33. The number of anilines is 2. The van der Waals surface area contributed by atoms with Crippen molar-refractivity contribution in [3.63, 3.8) is 0 Å². The van der Waals surface area contributed by atoms with Gasteiger partial charge in [-0.1, -0.05) is 0 Å². The number of hydrogen-bond donors (Lipinski definition) is 2. The van der Waals surface area contributed by atoms with Gasteiger partial charge in [0.25, 0.3) is 0 Å². The number of amides is 1. The van der Waals surface area contributed by atoms with Crippen LogP contribution in [0.1, 0.15) is 10.4 Å². The minimum atomic E-state index is -0.433. The number of hydrogen-bond acceptors (Lipinski definition) is 7. The van der Waals surface area contributed by atoms with Crippen LogP contribution < -0.4 is 24.8 Å². The van der Waals surface area contributed by atoms with Gasteiger partial charge in [0.05, 0.1) is 40.5 Å². The lowest BCUT2D eigenvalue weighted by Gasteiger charge is -2.15. The molecule has 0 saturated carbocycles. The van der Waals surface area contributed by atoms with Crippen LogP contribution in [-0.2, 0) is 9.53 Å². The minimum Gasteiger partial charge on any atom is -0.493 e. The average Bonchev–Trinajstić information content (AvgIpc) is 2.71. The summed E-state index contributed by atoms with van der Waals surface area (Å²) < 4.78 is 20.5. The molecular weight excluding hydrogens is 352 g/mol. The molecule has 0 heterocycles. The monoisotopic (exact) mass is 374 g/mol. The molecule has 0 radical (unpaired) electrons. The molecule has 0 saturated heterocycles. The standard InChI is InChI=1S/C19H22N2O6/c1-24-15-9-14(10-16(25-2)18(15)26-3)20-11-17(22)21-13-7-5-12(6-8-13)19(23)27-4/h5-10,20H,11H2,1-4H3,(H,21,22). The zero-order valence-corrected chi connectivity index (χ0v) is 15.6. The molecule has 0 atom stereocenters. The third-order valence-electron chi connectivity index (χ3n) is 3.71. The molecule has 8 heteroatoms. The summed E-state index contributed by atoms with van der Waals surface area (Å²) >= 11 is 0. The summed E-state index contributed by atoms with van der Waals surface area (Å²) in [5, 5.41) is 5.74. The van der Waals surface area contributed by atoms with E-state index in [1.165, 1.54) is 28.4 Å². The van der Waals surface area contributed by atoms with Crippen molar-refractivity contribution in [2.75, 3.05) is 45.6 Å². The van der Waals surface area contributed by atoms with Crippen LogP contribution in [-0.4, -0.2) is 46.9 Å². The number of esters is 1. The second-order valence-electron chi connectivity index (χ2n) is 5.38. The van der Waals surface area contributed by atoms with E-state index in [9.17, 15) is 9.59 Å². The molecule has 2 N–H and O–H groups in total. The number of rotatable bonds is 8. The van der Waals surface area contributed by atoms with Crippen LogP contribution in [0.4, 0.5) is 11.4 Å². The summed E-state index contributed by atoms with van der Waals surface area (Å²) in [5.74, 6) is 0.753. The van der Waals surface area contributed by atoms with E-state index in [-0.39, 0.29) is 12.5 Å². The van der Waals surface area contributed by atoms with Crippen molar-refractivity contribution in [1.29, 1.82) is 0 Å². The van der Waals surface area contributed by atoms with Gasteiger partial charge in [-0.15, -0.1) is 0 Å². The predicted molar refractivity (Wildman–Crippen MR) is 101 cm³/mol. The van der Waals surface area contributed by atoms with Crippen LogP contribution >= 0.6 is 0 Å². The fourth-order valence-electron chi connectivity index (χ4n) is 2.38. The van der Waals surface area contributed by atoms with Crippen molar-refractivity contribution in [2.24, 2.45) is 0 Å². The molecule has 1 amide bonds. The van der Waals surface area contributed by atoms with Crippen LogP contribution in [0.3, 0.4) is 0 Å². The Morgan fingerprint density at radius 3 is 1.93 bits per heavy atom. The highest BCUT2D eigenvalue weighted by molar-refractivity contribution is 5.95. The highest BCUT2D eigenvalue weighted by Gasteiger charge is 2.13. The normalized spacial score (nSPS) is 9.93. The summed E-state index contributed by atoms with van der Waals surface area (Å²) in [6, 6.07) is 9.83. The Morgan fingerprint density at radius 1 is 0.852 bits per heavy atom. The Balaban J connectivity index is 2.00. The fourth-order valence-corrected chi connectivity index (χ4v) is 2.38. The zero-order chi connectivity index (χ0) is 19.8. The van der Waals surface area contributed by atoms with Crippen molar-refractivity contribution < 1.29 is 28.5 Å². The van der Waals surface area contributed by atoms with Crippen molar-refractivity contribution in [1.82, 2.24) is 0 Å². The largest absolute Gasteiger partial charge is 0.493 e. The lowest BCUT2D eigenvalue weighted by Crippen LogP contribution is -2.21. The number of ether oxygens (including phenoxy) is 4. The highest BCUT2D eigenvalue weighted by atomic mass is 16.5. The molecule has 2 rings (SSSR count). The lowest BCUT2D eigenvalue weighted by molar-refractivity contribution is -0.114. The van der Waals surface area contributed by atoms with Crippen LogP contribution in [0.2, 0.25) is 0 Å². The average molecular weight is 374 g/mol. The van der Waals surface area contributed by atoms with E-state index in [4.69, 9.17) is 14.2 Å². The Hall–Kier alpha value is -3.42. The van der Waals surface area contributed by atoms with E-state index in [0.717, 1.165) is 0 Å². The maximum atomic E-state index is 12.1. The first-order chi connectivity index (χ1) is 13.0. The van der Waals surface area contributed by atoms with E-state index in [1.807, 2.05) is 0 Å². The van der Waals surface area contributed by atoms with Gasteiger partial charge in [-0.2, -0.15) is 0 Å². The van der Waals surface area contributed by atoms with Crippen molar-refractivity contribution in [2.45, 2.75) is 0 Å². The van der Waals surface area contributed by atoms with Gasteiger partial charge < -0.3 is 29.6 Å². The van der Waals surface area contributed by atoms with Crippen molar-refractivity contribution >= 4 is 23.3 Å². The third kappa shape index (κ3) is 5.04. The topological polar surface area (TPSA) is 95.1 Å². The first-order valence-electron chi connectivity index (χ1n) is 8.04. The summed E-state index contributed by atoms with van der Waals surface area (Å²) in [5.41, 5.74) is 1.62. The molecule has 0 aliphatic rings. The first kappa shape index (κ1) is 19.9. The van der Waals surface area contributed by atoms with Gasteiger partial charge in [0.2, 0.25) is 11.7 Å². The quantitative estimate of drug-likeness (QED) is 0.686. The minimum absolute atomic E-state index is 0.0252. The Bertz CT molecular complexity index is 779. The molecular formula is C19H22N2O6. The molecule has 0 fully saturated rings. The van der Waals surface area contributed by atoms with Gasteiger partial charge >= 0.3 is 5.97 Å². The molecule has 0 aliphatic heterocycles. The molecule has 0 aromatic heterocycles. The van der Waals surface area contributed by atoms with E-state index in [1.54, 1.807) is 36.4 Å². The molecule has 2 aromatic rings. The number of nitrogens with one attached hydrogen (secondary N) is 2. The Kier molecular flexibility index (Phi) is 6.87. The number of methoxy groups -OCH3 is 4. The molecule has 0 spiro atoms. The van der Waals surface area contributed by atoms with Crippen LogP contribution in [0, 0.1) is 0 Å². The summed E-state index contributed by atoms with van der Waals surface area (Å²) in [7, 11) is 5.87. The number of benzene rings is 2. The molecule has 0 aliphatic carbocycles. The fraction of sp³-hybridized carbons (Fsp3) is 0.263. The van der Waals surface area contributed by atoms with Crippen LogP contribution in [0.25, 0.3) is 0 Å². The maximum absolute atomic E-state index is 12.1. The van der Waals surface area contributed by atoms with E-state index >= 15 is 0 Å². The lowest BCUT2D eigenvalue weighted by atomic mass is 10.2. The number of carbonyl (C=O) groups excluding carboxylic acids is 2. The second-order valence-corrected chi connectivity index (χ2v) is 5.38. The summed E-state index contributed by atoms with van der Waals surface area (Å²) in [6.45, 7) is 0.0252. The van der Waals surface area contributed by atoms with E-state index < -0.39 is 5.97 Å². The van der Waals surface area contributed by atoms with Gasteiger partial charge in [0.15, 0.2) is 11.5 Å². The summed E-state index contributed by atoms with van der Waals surface area (Å²) in [6.07, 6.45) is 0. The van der Waals surface area contributed by atoms with Gasteiger partial charge in [0, 0.05) is 23.5 Å². The molecule has 0 bridgehead atoms. The molecule has 144 valence electrons. The SMILES string of the molecule is COC(=O)c1ccc(NC(=O)CNc2cc(OC)c(OC)c(OC)c2)cc1. The Morgan fingerprint density at radius 2 is 1.44 bits per heavy atom. The molecule has 2 aromatic carbocycles. The van der Waals surface area contributed by atoms with Crippen molar-refractivity contribution in [3.05, 3.63) is 42.0 Å². The van der Waals surface area contributed by atoms with Crippen LogP contribution in [0.5, 0.6) is 17.2 Å². The summed E-state index contributed by atoms with van der Waals surface area (Å²) in [4.78, 5) is 23.5. The Labute approximate surface area is 157 Å². The smallest absolute Gasteiger partial charge is 0.337 e. The van der Waals surface area contributed by atoms with Crippen molar-refractivity contribution in [3.8, 4) is 17.2 Å². The van der Waals surface area contributed by atoms with Gasteiger partial charge in [-0.05, 0) is 24.3 Å². The van der Waals surface area contributed by atoms with E-state index in [2.05, 4.69) is 15.4 Å². The predicted octanol–water partition coefficient (Wildman–Crippen LogP) is 2.55. The van der Waals surface area contributed by atoms with Gasteiger partial charge in [0.1, 0.15) is 0 Å². The maximum Gasteiger partial charge on any atom is 0.337 e. The van der Waals surface area contributed by atoms with Gasteiger partial charge in [-0.25, -0.2) is 4.79 Å². The molecule has 0 unspecified atom stereocenters. The van der Waals surface area contributed by atoms with Gasteiger partial charge in [-0.3, -0.25) is 4.79 Å². The van der Waals surface area contributed by atoms with Crippen LogP contribution in [0.15, 0.2) is 36.4 Å². The van der Waals surface area contributed by atoms with E-state index in [0.29, 0.717) is 34.2 Å². The third-order valence-corrected chi connectivity index (χ3v) is 3.71.